The van der Waals surface area contributed by atoms with Crippen molar-refractivity contribution in [1.82, 2.24) is 14.2 Å². The standard InChI is InChI=1S/C23H24N4O6S/c1-15-23(29)25(21(16(2)28)13-17-14-24-19-8-4-3-7-18(17)19)11-12-26(15)34(32,33)22-10-6-5-9-20(22)27(30)31/h3-10,14-15,21,24H,11-13H2,1-2H3/t15-,21-/m0/s1. The molecule has 1 saturated heterocycles. The van der Waals surface area contributed by atoms with Crippen LogP contribution in [0.3, 0.4) is 0 Å². The molecule has 10 nitrogen and oxygen atoms in total. The molecule has 0 aliphatic carbocycles. The molecule has 0 radical (unpaired) electrons. The first-order chi connectivity index (χ1) is 16.1. The lowest BCUT2D eigenvalue weighted by Crippen LogP contribution is -2.61. The molecule has 3 aromatic rings. The Kier molecular flexibility index (Phi) is 6.24. The van der Waals surface area contributed by atoms with Crippen LogP contribution in [0.5, 0.6) is 0 Å². The number of benzene rings is 2. The minimum absolute atomic E-state index is 0.00433. The topological polar surface area (TPSA) is 134 Å². The summed E-state index contributed by atoms with van der Waals surface area (Å²) in [6.45, 7) is 2.76. The highest BCUT2D eigenvalue weighted by Gasteiger charge is 2.44. The first kappa shape index (κ1) is 23.6. The van der Waals surface area contributed by atoms with Gasteiger partial charge >= 0.3 is 0 Å². The SMILES string of the molecule is CC(=O)[C@H](Cc1c[nH]c2ccccc12)N1CCN(S(=O)(=O)c2ccccc2[N+](=O)[O-])[C@@H](C)C1=O. The van der Waals surface area contributed by atoms with Gasteiger partial charge in [0.15, 0.2) is 10.7 Å². The second kappa shape index (κ2) is 8.99. The van der Waals surface area contributed by atoms with Crippen LogP contribution in [0.25, 0.3) is 10.9 Å². The molecule has 0 spiro atoms. The van der Waals surface area contributed by atoms with E-state index in [0.29, 0.717) is 0 Å². The van der Waals surface area contributed by atoms with Gasteiger partial charge in [0.1, 0.15) is 6.04 Å². The van der Waals surface area contributed by atoms with Gasteiger partial charge in [-0.1, -0.05) is 30.3 Å². The number of H-pyrrole nitrogens is 1. The van der Waals surface area contributed by atoms with Crippen molar-refractivity contribution in [3.8, 4) is 0 Å². The van der Waals surface area contributed by atoms with E-state index in [4.69, 9.17) is 0 Å². The first-order valence-electron chi connectivity index (χ1n) is 10.7. The fraction of sp³-hybridized carbons (Fsp3) is 0.304. The number of rotatable bonds is 7. The number of carbonyl (C=O) groups is 2. The first-order valence-corrected chi connectivity index (χ1v) is 12.2. The van der Waals surface area contributed by atoms with Crippen LogP contribution in [0.1, 0.15) is 19.4 Å². The summed E-state index contributed by atoms with van der Waals surface area (Å²) in [5.41, 5.74) is 1.25. The van der Waals surface area contributed by atoms with Crippen LogP contribution >= 0.6 is 0 Å². The Bertz CT molecular complexity index is 1380. The third kappa shape index (κ3) is 4.08. The molecule has 1 fully saturated rings. The number of fused-ring (bicyclic) bond motifs is 1. The maximum absolute atomic E-state index is 13.3. The van der Waals surface area contributed by atoms with Crippen LogP contribution < -0.4 is 0 Å². The molecule has 1 aliphatic heterocycles. The molecule has 1 aliphatic rings. The number of ketones is 1. The zero-order valence-corrected chi connectivity index (χ0v) is 19.5. The van der Waals surface area contributed by atoms with Crippen molar-refractivity contribution in [3.63, 3.8) is 0 Å². The van der Waals surface area contributed by atoms with Crippen molar-refractivity contribution in [2.75, 3.05) is 13.1 Å². The molecule has 1 N–H and O–H groups in total. The lowest BCUT2D eigenvalue weighted by Gasteiger charge is -2.41. The summed E-state index contributed by atoms with van der Waals surface area (Å²) in [6, 6.07) is 10.8. The van der Waals surface area contributed by atoms with Crippen molar-refractivity contribution in [2.24, 2.45) is 0 Å². The van der Waals surface area contributed by atoms with Crippen molar-refractivity contribution >= 4 is 38.3 Å². The molecule has 2 atom stereocenters. The number of piperazine rings is 1. The normalized spacial score (nSPS) is 18.2. The summed E-state index contributed by atoms with van der Waals surface area (Å²) in [5.74, 6) is -0.728. The molecule has 1 aromatic heterocycles. The van der Waals surface area contributed by atoms with E-state index in [1.165, 1.54) is 30.9 Å². The second-order valence-corrected chi connectivity index (χ2v) is 10.1. The fourth-order valence-corrected chi connectivity index (χ4v) is 6.18. The van der Waals surface area contributed by atoms with Gasteiger partial charge in [0.2, 0.25) is 5.91 Å². The monoisotopic (exact) mass is 484 g/mol. The van der Waals surface area contributed by atoms with E-state index in [1.807, 2.05) is 30.5 Å². The van der Waals surface area contributed by atoms with Crippen molar-refractivity contribution in [2.45, 2.75) is 37.2 Å². The van der Waals surface area contributed by atoms with E-state index in [9.17, 15) is 28.1 Å². The molecule has 2 heterocycles. The summed E-state index contributed by atoms with van der Waals surface area (Å²) in [4.78, 5) is 40.6. The van der Waals surface area contributed by atoms with E-state index in [-0.39, 0.29) is 25.3 Å². The van der Waals surface area contributed by atoms with Crippen LogP contribution in [0, 0.1) is 10.1 Å². The van der Waals surface area contributed by atoms with Gasteiger partial charge in [-0.2, -0.15) is 4.31 Å². The van der Waals surface area contributed by atoms with E-state index in [1.54, 1.807) is 0 Å². The number of Topliss-reactive ketones (excluding diaryl/α,β-unsaturated/α-hetero) is 1. The average Bonchev–Trinajstić information content (AvgIpc) is 3.22. The Morgan fingerprint density at radius 2 is 1.85 bits per heavy atom. The number of aromatic amines is 1. The molecule has 178 valence electrons. The highest BCUT2D eigenvalue weighted by Crippen LogP contribution is 2.30. The maximum atomic E-state index is 13.3. The van der Waals surface area contributed by atoms with E-state index in [0.717, 1.165) is 32.9 Å². The third-order valence-electron chi connectivity index (χ3n) is 6.22. The minimum atomic E-state index is -4.31. The van der Waals surface area contributed by atoms with Gasteiger partial charge in [-0.25, -0.2) is 8.42 Å². The van der Waals surface area contributed by atoms with Crippen molar-refractivity contribution < 1.29 is 22.9 Å². The third-order valence-corrected chi connectivity index (χ3v) is 8.23. The summed E-state index contributed by atoms with van der Waals surface area (Å²) in [7, 11) is -4.31. The molecule has 4 rings (SSSR count). The van der Waals surface area contributed by atoms with E-state index in [2.05, 4.69) is 4.98 Å². The Morgan fingerprint density at radius 3 is 2.56 bits per heavy atom. The lowest BCUT2D eigenvalue weighted by atomic mass is 9.99. The lowest BCUT2D eigenvalue weighted by molar-refractivity contribution is -0.387. The van der Waals surface area contributed by atoms with Crippen LogP contribution in [-0.2, 0) is 26.0 Å². The molecule has 1 amide bonds. The van der Waals surface area contributed by atoms with Gasteiger partial charge in [0.05, 0.1) is 11.0 Å². The fourth-order valence-electron chi connectivity index (χ4n) is 4.45. The maximum Gasteiger partial charge on any atom is 0.289 e. The number of nitrogens with zero attached hydrogens (tertiary/aromatic N) is 3. The summed E-state index contributed by atoms with van der Waals surface area (Å²) >= 11 is 0. The predicted octanol–water partition coefficient (Wildman–Crippen LogP) is 2.50. The number of nitro groups is 1. The number of hydrogen-bond acceptors (Lipinski definition) is 6. The molecule has 11 heteroatoms. The number of amides is 1. The van der Waals surface area contributed by atoms with E-state index < -0.39 is 43.5 Å². The highest BCUT2D eigenvalue weighted by atomic mass is 32.2. The number of nitro benzene ring substituents is 1. The Morgan fingerprint density at radius 1 is 1.18 bits per heavy atom. The van der Waals surface area contributed by atoms with Gasteiger partial charge in [-0.3, -0.25) is 19.7 Å². The zero-order chi connectivity index (χ0) is 24.6. The number of carbonyl (C=O) groups excluding carboxylic acids is 2. The van der Waals surface area contributed by atoms with E-state index >= 15 is 0 Å². The second-order valence-electron chi connectivity index (χ2n) is 8.24. The number of aromatic nitrogens is 1. The summed E-state index contributed by atoms with van der Waals surface area (Å²) in [6.07, 6.45) is 2.10. The van der Waals surface area contributed by atoms with Crippen molar-refractivity contribution in [1.29, 1.82) is 0 Å². The largest absolute Gasteiger partial charge is 0.361 e. The number of sulfonamides is 1. The van der Waals surface area contributed by atoms with Crippen LogP contribution in [0.4, 0.5) is 5.69 Å². The molecule has 2 aromatic carbocycles. The zero-order valence-electron chi connectivity index (χ0n) is 18.7. The van der Waals surface area contributed by atoms with Gasteiger partial charge in [-0.15, -0.1) is 0 Å². The number of nitrogens with one attached hydrogen (secondary N) is 1. The summed E-state index contributed by atoms with van der Waals surface area (Å²) in [5, 5.41) is 12.3. The van der Waals surface area contributed by atoms with Crippen LogP contribution in [0.15, 0.2) is 59.6 Å². The Hall–Kier alpha value is -3.57. The van der Waals surface area contributed by atoms with Crippen molar-refractivity contribution in [3.05, 3.63) is 70.4 Å². The molecule has 0 unspecified atom stereocenters. The molecule has 0 saturated carbocycles. The smallest absolute Gasteiger partial charge is 0.289 e. The van der Waals surface area contributed by atoms with Crippen LogP contribution in [0.2, 0.25) is 0 Å². The highest BCUT2D eigenvalue weighted by molar-refractivity contribution is 7.89. The molecule has 0 bridgehead atoms. The molecule has 34 heavy (non-hydrogen) atoms. The number of para-hydroxylation sites is 2. The van der Waals surface area contributed by atoms with Gasteiger partial charge < -0.3 is 9.88 Å². The predicted molar refractivity (Wildman–Crippen MR) is 125 cm³/mol. The van der Waals surface area contributed by atoms with Gasteiger partial charge in [0, 0.05) is 42.7 Å². The average molecular weight is 485 g/mol. The molecular formula is C23H24N4O6S. The summed E-state index contributed by atoms with van der Waals surface area (Å²) < 4.78 is 27.5. The van der Waals surface area contributed by atoms with Crippen LogP contribution in [-0.4, -0.2) is 64.4 Å². The van der Waals surface area contributed by atoms with Gasteiger partial charge in [0.25, 0.3) is 15.7 Å². The molecular weight excluding hydrogens is 460 g/mol. The number of hydrogen-bond donors (Lipinski definition) is 1. The quantitative estimate of drug-likeness (QED) is 0.405. The Labute approximate surface area is 196 Å². The minimum Gasteiger partial charge on any atom is -0.361 e. The van der Waals surface area contributed by atoms with Gasteiger partial charge in [-0.05, 0) is 31.5 Å². The Balaban J connectivity index is 1.61.